The quantitative estimate of drug-likeness (QED) is 0.813. The second kappa shape index (κ2) is 6.76. The van der Waals surface area contributed by atoms with Gasteiger partial charge in [-0.15, -0.1) is 0 Å². The van der Waals surface area contributed by atoms with Crippen LogP contribution in [-0.4, -0.2) is 38.1 Å². The summed E-state index contributed by atoms with van der Waals surface area (Å²) in [6, 6.07) is 9.46. The van der Waals surface area contributed by atoms with E-state index in [9.17, 15) is 0 Å². The summed E-state index contributed by atoms with van der Waals surface area (Å²) in [7, 11) is 4.14. The van der Waals surface area contributed by atoms with Crippen molar-refractivity contribution in [3.63, 3.8) is 0 Å². The fourth-order valence-corrected chi connectivity index (χ4v) is 2.64. The third-order valence-corrected chi connectivity index (χ3v) is 4.00. The summed E-state index contributed by atoms with van der Waals surface area (Å²) in [6.45, 7) is 4.68. The zero-order chi connectivity index (χ0) is 13.7. The molecule has 0 aromatic heterocycles. The molecule has 1 saturated heterocycles. The minimum Gasteiger partial charge on any atom is -0.378 e. The molecule has 0 aliphatic carbocycles. The Bertz CT molecular complexity index is 406. The highest BCUT2D eigenvalue weighted by Gasteiger charge is 2.16. The van der Waals surface area contributed by atoms with Crippen LogP contribution >= 0.6 is 0 Å². The highest BCUT2D eigenvalue weighted by atomic mass is 15.1. The Morgan fingerprint density at radius 3 is 2.58 bits per heavy atom. The number of benzene rings is 1. The van der Waals surface area contributed by atoms with Crippen LogP contribution in [0.25, 0.3) is 6.08 Å². The molecule has 1 aliphatic heterocycles. The van der Waals surface area contributed by atoms with Crippen molar-refractivity contribution in [2.24, 2.45) is 0 Å². The van der Waals surface area contributed by atoms with E-state index < -0.39 is 0 Å². The molecule has 2 nitrogen and oxygen atoms in total. The van der Waals surface area contributed by atoms with Crippen molar-refractivity contribution in [3.8, 4) is 0 Å². The third kappa shape index (κ3) is 4.10. The Kier molecular flexibility index (Phi) is 5.03. The highest BCUT2D eigenvalue weighted by Crippen LogP contribution is 2.17. The van der Waals surface area contributed by atoms with Gasteiger partial charge in [-0.3, -0.25) is 4.90 Å². The smallest absolute Gasteiger partial charge is 0.0361 e. The van der Waals surface area contributed by atoms with Crippen molar-refractivity contribution in [3.05, 3.63) is 35.9 Å². The van der Waals surface area contributed by atoms with Gasteiger partial charge in [-0.05, 0) is 44.0 Å². The van der Waals surface area contributed by atoms with Gasteiger partial charge in [0.15, 0.2) is 0 Å². The van der Waals surface area contributed by atoms with Crippen molar-refractivity contribution in [1.29, 1.82) is 0 Å². The average Bonchev–Trinajstić information content (AvgIpc) is 2.41. The predicted octanol–water partition coefficient (Wildman–Crippen LogP) is 3.64. The van der Waals surface area contributed by atoms with E-state index in [2.05, 4.69) is 67.2 Å². The Morgan fingerprint density at radius 1 is 1.21 bits per heavy atom. The summed E-state index contributed by atoms with van der Waals surface area (Å²) in [5, 5.41) is 0. The van der Waals surface area contributed by atoms with Crippen molar-refractivity contribution in [2.75, 3.05) is 32.1 Å². The van der Waals surface area contributed by atoms with Crippen molar-refractivity contribution in [1.82, 2.24) is 4.90 Å². The second-order valence-corrected chi connectivity index (χ2v) is 5.73. The van der Waals surface area contributed by atoms with E-state index in [4.69, 9.17) is 0 Å². The van der Waals surface area contributed by atoms with Gasteiger partial charge in [0.2, 0.25) is 0 Å². The molecule has 1 unspecified atom stereocenters. The minimum absolute atomic E-state index is 0.745. The summed E-state index contributed by atoms with van der Waals surface area (Å²) in [5.74, 6) is 0. The zero-order valence-electron chi connectivity index (χ0n) is 12.5. The molecule has 1 aromatic rings. The van der Waals surface area contributed by atoms with Gasteiger partial charge >= 0.3 is 0 Å². The summed E-state index contributed by atoms with van der Waals surface area (Å²) in [4.78, 5) is 4.71. The fraction of sp³-hybridized carbons (Fsp3) is 0.529. The Hall–Kier alpha value is -1.28. The van der Waals surface area contributed by atoms with Crippen molar-refractivity contribution in [2.45, 2.75) is 32.2 Å². The minimum atomic E-state index is 0.745. The van der Waals surface area contributed by atoms with E-state index in [0.29, 0.717) is 0 Å². The number of piperidine rings is 1. The van der Waals surface area contributed by atoms with Crippen LogP contribution in [0.2, 0.25) is 0 Å². The standard InChI is InChI=1S/C17H26N2/c1-15-7-4-5-13-19(15)14-6-8-16-9-11-17(12-10-16)18(2)3/h6,8-12,15H,4-5,7,13-14H2,1-3H3. The van der Waals surface area contributed by atoms with E-state index in [1.165, 1.54) is 37.1 Å². The first-order valence-electron chi connectivity index (χ1n) is 7.35. The molecular formula is C17H26N2. The molecule has 1 heterocycles. The highest BCUT2D eigenvalue weighted by molar-refractivity contribution is 5.55. The van der Waals surface area contributed by atoms with E-state index in [1.807, 2.05) is 0 Å². The van der Waals surface area contributed by atoms with Gasteiger partial charge in [0.05, 0.1) is 0 Å². The molecule has 1 atom stereocenters. The fourth-order valence-electron chi connectivity index (χ4n) is 2.64. The van der Waals surface area contributed by atoms with Crippen LogP contribution in [0.3, 0.4) is 0 Å². The van der Waals surface area contributed by atoms with Crippen LogP contribution in [-0.2, 0) is 0 Å². The first-order chi connectivity index (χ1) is 9.16. The summed E-state index contributed by atoms with van der Waals surface area (Å²) < 4.78 is 0. The van der Waals surface area contributed by atoms with Gasteiger partial charge in [0.25, 0.3) is 0 Å². The van der Waals surface area contributed by atoms with E-state index in [0.717, 1.165) is 12.6 Å². The molecule has 2 heteroatoms. The number of hydrogen-bond donors (Lipinski definition) is 0. The number of hydrogen-bond acceptors (Lipinski definition) is 2. The number of anilines is 1. The van der Waals surface area contributed by atoms with Gasteiger partial charge in [0, 0.05) is 32.4 Å². The second-order valence-electron chi connectivity index (χ2n) is 5.73. The maximum atomic E-state index is 2.58. The molecule has 19 heavy (non-hydrogen) atoms. The molecule has 0 spiro atoms. The van der Waals surface area contributed by atoms with E-state index >= 15 is 0 Å². The molecule has 104 valence electrons. The molecule has 0 radical (unpaired) electrons. The van der Waals surface area contributed by atoms with Crippen LogP contribution in [0.15, 0.2) is 30.3 Å². The monoisotopic (exact) mass is 258 g/mol. The molecule has 0 saturated carbocycles. The molecular weight excluding hydrogens is 232 g/mol. The topological polar surface area (TPSA) is 6.48 Å². The SMILES string of the molecule is CC1CCCCN1CC=Cc1ccc(N(C)C)cc1. The largest absolute Gasteiger partial charge is 0.378 e. The van der Waals surface area contributed by atoms with Gasteiger partial charge in [0.1, 0.15) is 0 Å². The Balaban J connectivity index is 1.87. The maximum absolute atomic E-state index is 2.58. The lowest BCUT2D eigenvalue weighted by Gasteiger charge is -2.32. The Morgan fingerprint density at radius 2 is 1.95 bits per heavy atom. The van der Waals surface area contributed by atoms with E-state index in [1.54, 1.807) is 0 Å². The van der Waals surface area contributed by atoms with Gasteiger partial charge in [-0.1, -0.05) is 30.7 Å². The lowest BCUT2D eigenvalue weighted by Crippen LogP contribution is -2.37. The normalized spacial score (nSPS) is 20.9. The lowest BCUT2D eigenvalue weighted by atomic mass is 10.0. The first-order valence-corrected chi connectivity index (χ1v) is 7.35. The number of likely N-dealkylation sites (tertiary alicyclic amines) is 1. The van der Waals surface area contributed by atoms with Crippen LogP contribution in [0.4, 0.5) is 5.69 Å². The van der Waals surface area contributed by atoms with Crippen molar-refractivity contribution >= 4 is 11.8 Å². The first kappa shape index (κ1) is 14.1. The molecule has 0 bridgehead atoms. The maximum Gasteiger partial charge on any atom is 0.0361 e. The molecule has 1 aromatic carbocycles. The molecule has 0 amide bonds. The van der Waals surface area contributed by atoms with Gasteiger partial charge in [-0.25, -0.2) is 0 Å². The summed E-state index contributed by atoms with van der Waals surface area (Å²) >= 11 is 0. The number of nitrogens with zero attached hydrogens (tertiary/aromatic N) is 2. The number of rotatable bonds is 4. The summed E-state index contributed by atoms with van der Waals surface area (Å²) in [5.41, 5.74) is 2.54. The van der Waals surface area contributed by atoms with Crippen LogP contribution in [0, 0.1) is 0 Å². The predicted molar refractivity (Wildman–Crippen MR) is 84.7 cm³/mol. The molecule has 0 N–H and O–H groups in total. The molecule has 1 fully saturated rings. The van der Waals surface area contributed by atoms with E-state index in [-0.39, 0.29) is 0 Å². The molecule has 1 aliphatic rings. The third-order valence-electron chi connectivity index (χ3n) is 4.00. The average molecular weight is 258 g/mol. The van der Waals surface area contributed by atoms with Crippen LogP contribution < -0.4 is 4.90 Å². The van der Waals surface area contributed by atoms with Crippen molar-refractivity contribution < 1.29 is 0 Å². The lowest BCUT2D eigenvalue weighted by molar-refractivity contribution is 0.179. The van der Waals surface area contributed by atoms with Gasteiger partial charge in [-0.2, -0.15) is 0 Å². The van der Waals surface area contributed by atoms with Crippen LogP contribution in [0.5, 0.6) is 0 Å². The molecule has 2 rings (SSSR count). The summed E-state index contributed by atoms with van der Waals surface area (Å²) in [6.07, 6.45) is 8.64. The zero-order valence-corrected chi connectivity index (χ0v) is 12.5. The van der Waals surface area contributed by atoms with Crippen LogP contribution in [0.1, 0.15) is 31.7 Å². The Labute approximate surface area is 117 Å². The van der Waals surface area contributed by atoms with Gasteiger partial charge < -0.3 is 4.90 Å².